The highest BCUT2D eigenvalue weighted by Gasteiger charge is 2.08. The molecule has 20 heavy (non-hydrogen) atoms. The zero-order chi connectivity index (χ0) is 14.5. The molecule has 0 saturated carbocycles. The van der Waals surface area contributed by atoms with E-state index in [9.17, 15) is 4.39 Å². The minimum atomic E-state index is -0.362. The Kier molecular flexibility index (Phi) is 5.15. The lowest BCUT2D eigenvalue weighted by Crippen LogP contribution is -2.11. The summed E-state index contributed by atoms with van der Waals surface area (Å²) in [6.07, 6.45) is 0. The van der Waals surface area contributed by atoms with E-state index in [2.05, 4.69) is 28.2 Å². The molecule has 0 aliphatic carbocycles. The van der Waals surface area contributed by atoms with Gasteiger partial charge in [0.05, 0.1) is 4.47 Å². The van der Waals surface area contributed by atoms with Crippen LogP contribution < -0.4 is 10.1 Å². The van der Waals surface area contributed by atoms with Crippen molar-refractivity contribution in [3.05, 3.63) is 57.8 Å². The average Bonchev–Trinajstić information content (AvgIpc) is 2.43. The van der Waals surface area contributed by atoms with Crippen molar-refractivity contribution < 1.29 is 9.13 Å². The summed E-state index contributed by atoms with van der Waals surface area (Å²) in [6, 6.07) is 10.6. The van der Waals surface area contributed by atoms with Crippen LogP contribution in [0.1, 0.15) is 18.1 Å². The molecule has 0 saturated heterocycles. The summed E-state index contributed by atoms with van der Waals surface area (Å²) in [5, 5.41) is 3.26. The quantitative estimate of drug-likeness (QED) is 0.846. The predicted molar refractivity (Wildman–Crippen MR) is 82.7 cm³/mol. The molecule has 0 aliphatic heterocycles. The Balaban J connectivity index is 2.19. The van der Waals surface area contributed by atoms with Gasteiger partial charge in [0.1, 0.15) is 5.75 Å². The van der Waals surface area contributed by atoms with Gasteiger partial charge in [0.25, 0.3) is 0 Å². The third-order valence-corrected chi connectivity index (χ3v) is 3.50. The highest BCUT2D eigenvalue weighted by molar-refractivity contribution is 9.10. The second-order valence-electron chi connectivity index (χ2n) is 4.58. The molecule has 2 aromatic carbocycles. The standard InChI is InChI=1S/C16H17BrFNO/c1-3-19-10-12-5-7-15(13(17)9-12)20-16-8-11(2)4-6-14(16)18/h4-9,19H,3,10H2,1-2H3. The minimum absolute atomic E-state index is 0.241. The molecule has 1 N–H and O–H groups in total. The van der Waals surface area contributed by atoms with Gasteiger partial charge >= 0.3 is 0 Å². The Labute approximate surface area is 127 Å². The first-order chi connectivity index (χ1) is 9.60. The van der Waals surface area contributed by atoms with Gasteiger partial charge in [-0.15, -0.1) is 0 Å². The van der Waals surface area contributed by atoms with E-state index in [-0.39, 0.29) is 11.6 Å². The third kappa shape index (κ3) is 3.81. The molecule has 0 atom stereocenters. The molecule has 0 heterocycles. The Morgan fingerprint density at radius 2 is 1.95 bits per heavy atom. The van der Waals surface area contributed by atoms with Crippen molar-refractivity contribution in [1.82, 2.24) is 5.32 Å². The molecule has 0 bridgehead atoms. The van der Waals surface area contributed by atoms with Gasteiger partial charge in [0.2, 0.25) is 0 Å². The molecule has 106 valence electrons. The van der Waals surface area contributed by atoms with E-state index in [4.69, 9.17) is 4.74 Å². The van der Waals surface area contributed by atoms with Crippen molar-refractivity contribution in [2.45, 2.75) is 20.4 Å². The van der Waals surface area contributed by atoms with Gasteiger partial charge in [0.15, 0.2) is 11.6 Å². The normalized spacial score (nSPS) is 10.6. The first-order valence-corrected chi connectivity index (χ1v) is 7.32. The lowest BCUT2D eigenvalue weighted by Gasteiger charge is -2.11. The van der Waals surface area contributed by atoms with Crippen LogP contribution in [0.25, 0.3) is 0 Å². The van der Waals surface area contributed by atoms with Crippen LogP contribution >= 0.6 is 15.9 Å². The molecule has 0 fully saturated rings. The van der Waals surface area contributed by atoms with E-state index < -0.39 is 0 Å². The molecule has 0 aromatic heterocycles. The first-order valence-electron chi connectivity index (χ1n) is 6.53. The summed E-state index contributed by atoms with van der Waals surface area (Å²) in [4.78, 5) is 0. The summed E-state index contributed by atoms with van der Waals surface area (Å²) in [5.41, 5.74) is 2.11. The molecule has 2 rings (SSSR count). The van der Waals surface area contributed by atoms with Gasteiger partial charge in [-0.2, -0.15) is 0 Å². The van der Waals surface area contributed by atoms with Crippen LogP contribution in [0.15, 0.2) is 40.9 Å². The van der Waals surface area contributed by atoms with Crippen LogP contribution in [0.4, 0.5) is 4.39 Å². The topological polar surface area (TPSA) is 21.3 Å². The predicted octanol–water partition coefficient (Wildman–Crippen LogP) is 4.80. The highest BCUT2D eigenvalue weighted by Crippen LogP contribution is 2.32. The number of hydrogen-bond donors (Lipinski definition) is 1. The van der Waals surface area contributed by atoms with E-state index in [1.807, 2.05) is 25.1 Å². The van der Waals surface area contributed by atoms with Crippen molar-refractivity contribution in [3.8, 4) is 11.5 Å². The zero-order valence-corrected chi connectivity index (χ0v) is 13.1. The summed E-state index contributed by atoms with van der Waals surface area (Å²) in [7, 11) is 0. The van der Waals surface area contributed by atoms with Crippen LogP contribution in [0.5, 0.6) is 11.5 Å². The van der Waals surface area contributed by atoms with Crippen molar-refractivity contribution >= 4 is 15.9 Å². The fourth-order valence-corrected chi connectivity index (χ4v) is 2.32. The van der Waals surface area contributed by atoms with Gasteiger partial charge < -0.3 is 10.1 Å². The third-order valence-electron chi connectivity index (χ3n) is 2.88. The molecule has 2 aromatic rings. The molecule has 0 radical (unpaired) electrons. The van der Waals surface area contributed by atoms with Crippen molar-refractivity contribution in [3.63, 3.8) is 0 Å². The minimum Gasteiger partial charge on any atom is -0.453 e. The number of hydrogen-bond acceptors (Lipinski definition) is 2. The number of nitrogens with one attached hydrogen (secondary N) is 1. The van der Waals surface area contributed by atoms with E-state index in [0.29, 0.717) is 5.75 Å². The Morgan fingerprint density at radius 3 is 2.65 bits per heavy atom. The van der Waals surface area contributed by atoms with Crippen LogP contribution in [0.3, 0.4) is 0 Å². The highest BCUT2D eigenvalue weighted by atomic mass is 79.9. The smallest absolute Gasteiger partial charge is 0.165 e. The lowest BCUT2D eigenvalue weighted by molar-refractivity contribution is 0.439. The largest absolute Gasteiger partial charge is 0.453 e. The molecular weight excluding hydrogens is 321 g/mol. The van der Waals surface area contributed by atoms with Crippen molar-refractivity contribution in [2.24, 2.45) is 0 Å². The fraction of sp³-hybridized carbons (Fsp3) is 0.250. The van der Waals surface area contributed by atoms with Crippen LogP contribution in [-0.2, 0) is 6.54 Å². The van der Waals surface area contributed by atoms with Gasteiger partial charge in [-0.3, -0.25) is 0 Å². The van der Waals surface area contributed by atoms with Gasteiger partial charge in [0, 0.05) is 6.54 Å². The number of aryl methyl sites for hydroxylation is 1. The van der Waals surface area contributed by atoms with Crippen molar-refractivity contribution in [1.29, 1.82) is 0 Å². The molecule has 0 unspecified atom stereocenters. The Bertz CT molecular complexity index is 601. The first kappa shape index (κ1) is 15.0. The molecule has 4 heteroatoms. The molecule has 2 nitrogen and oxygen atoms in total. The molecular formula is C16H17BrFNO. The second-order valence-corrected chi connectivity index (χ2v) is 5.44. The zero-order valence-electron chi connectivity index (χ0n) is 11.5. The van der Waals surface area contributed by atoms with E-state index in [1.165, 1.54) is 6.07 Å². The Hall–Kier alpha value is -1.39. The molecule has 0 spiro atoms. The summed E-state index contributed by atoms with van der Waals surface area (Å²) < 4.78 is 20.1. The van der Waals surface area contributed by atoms with Gasteiger partial charge in [-0.1, -0.05) is 19.1 Å². The summed E-state index contributed by atoms with van der Waals surface area (Å²) >= 11 is 3.46. The molecule has 0 amide bonds. The van der Waals surface area contributed by atoms with Gasteiger partial charge in [-0.05, 0) is 64.8 Å². The SMILES string of the molecule is CCNCc1ccc(Oc2cc(C)ccc2F)c(Br)c1. The fourth-order valence-electron chi connectivity index (χ4n) is 1.81. The average molecular weight is 338 g/mol. The lowest BCUT2D eigenvalue weighted by atomic mass is 10.2. The summed E-state index contributed by atoms with van der Waals surface area (Å²) in [5.74, 6) is 0.485. The van der Waals surface area contributed by atoms with E-state index in [1.54, 1.807) is 12.1 Å². The monoisotopic (exact) mass is 337 g/mol. The maximum absolute atomic E-state index is 13.7. The second kappa shape index (κ2) is 6.86. The number of halogens is 2. The maximum Gasteiger partial charge on any atom is 0.165 e. The van der Waals surface area contributed by atoms with Crippen molar-refractivity contribution in [2.75, 3.05) is 6.54 Å². The van der Waals surface area contributed by atoms with E-state index >= 15 is 0 Å². The summed E-state index contributed by atoms with van der Waals surface area (Å²) in [6.45, 7) is 5.69. The number of ether oxygens (including phenoxy) is 1. The number of rotatable bonds is 5. The van der Waals surface area contributed by atoms with E-state index in [0.717, 1.165) is 28.7 Å². The Morgan fingerprint density at radius 1 is 1.15 bits per heavy atom. The van der Waals surface area contributed by atoms with Gasteiger partial charge in [-0.25, -0.2) is 4.39 Å². The molecule has 0 aliphatic rings. The van der Waals surface area contributed by atoms with Crippen LogP contribution in [0.2, 0.25) is 0 Å². The number of benzene rings is 2. The van der Waals surface area contributed by atoms with Crippen LogP contribution in [0, 0.1) is 12.7 Å². The maximum atomic E-state index is 13.7. The van der Waals surface area contributed by atoms with Crippen LogP contribution in [-0.4, -0.2) is 6.54 Å².